The van der Waals surface area contributed by atoms with E-state index in [0.29, 0.717) is 22.8 Å². The molecule has 0 unspecified atom stereocenters. The Morgan fingerprint density at radius 1 is 1.29 bits per heavy atom. The zero-order valence-electron chi connectivity index (χ0n) is 11.3. The molecule has 1 aromatic heterocycles. The van der Waals surface area contributed by atoms with Gasteiger partial charge in [-0.05, 0) is 55.2 Å². The maximum absolute atomic E-state index is 11.0. The maximum atomic E-state index is 11.0. The number of carbonyl (C=O) groups excluding carboxylic acids is 1. The van der Waals surface area contributed by atoms with Crippen LogP contribution < -0.4 is 10.5 Å². The summed E-state index contributed by atoms with van der Waals surface area (Å²) in [6, 6.07) is 10.4. The van der Waals surface area contributed by atoms with E-state index in [4.69, 9.17) is 10.5 Å². The first-order valence-electron chi connectivity index (χ1n) is 6.68. The number of pyridine rings is 1. The molecule has 5 heteroatoms. The molecular formula is C16H13N3O2. The summed E-state index contributed by atoms with van der Waals surface area (Å²) in [5.74, 6) is 0.335. The zero-order chi connectivity index (χ0) is 14.8. The predicted molar refractivity (Wildman–Crippen MR) is 76.0 cm³/mol. The largest absolute Gasteiger partial charge is 0.438 e. The quantitative estimate of drug-likeness (QED) is 0.933. The lowest BCUT2D eigenvalue weighted by Crippen LogP contribution is -2.10. The van der Waals surface area contributed by atoms with Gasteiger partial charge in [-0.25, -0.2) is 4.98 Å². The average molecular weight is 279 g/mol. The molecule has 104 valence electrons. The van der Waals surface area contributed by atoms with Crippen LogP contribution in [0.4, 0.5) is 0 Å². The van der Waals surface area contributed by atoms with Gasteiger partial charge >= 0.3 is 0 Å². The Morgan fingerprint density at radius 3 is 2.71 bits per heavy atom. The Bertz CT molecular complexity index is 745. The topological polar surface area (TPSA) is 89.0 Å². The summed E-state index contributed by atoms with van der Waals surface area (Å²) in [5, 5.41) is 9.21. The van der Waals surface area contributed by atoms with Crippen molar-refractivity contribution in [1.29, 1.82) is 5.26 Å². The molecule has 1 heterocycles. The van der Waals surface area contributed by atoms with Crippen molar-refractivity contribution in [2.24, 2.45) is 5.73 Å². The highest BCUT2D eigenvalue weighted by Gasteiger charge is 2.17. The van der Waals surface area contributed by atoms with Crippen molar-refractivity contribution in [3.8, 4) is 17.7 Å². The lowest BCUT2D eigenvalue weighted by Gasteiger charge is -2.09. The number of carbonyl (C=O) groups is 1. The van der Waals surface area contributed by atoms with E-state index in [1.807, 2.05) is 6.07 Å². The van der Waals surface area contributed by atoms with Gasteiger partial charge in [0, 0.05) is 11.3 Å². The third-order valence-corrected chi connectivity index (χ3v) is 3.49. The molecule has 0 saturated carbocycles. The van der Waals surface area contributed by atoms with Crippen LogP contribution in [0.1, 0.15) is 33.6 Å². The molecule has 0 radical (unpaired) electrons. The van der Waals surface area contributed by atoms with E-state index in [0.717, 1.165) is 30.5 Å². The number of fused-ring (bicyclic) bond motifs is 1. The number of hydrogen-bond acceptors (Lipinski definition) is 4. The summed E-state index contributed by atoms with van der Waals surface area (Å²) in [6.07, 6.45) is 2.94. The van der Waals surface area contributed by atoms with Crippen LogP contribution in [0.3, 0.4) is 0 Å². The van der Waals surface area contributed by atoms with Gasteiger partial charge in [-0.2, -0.15) is 5.26 Å². The summed E-state index contributed by atoms with van der Waals surface area (Å²) < 4.78 is 5.67. The number of hydrogen-bond donors (Lipinski definition) is 1. The molecule has 21 heavy (non-hydrogen) atoms. The van der Waals surface area contributed by atoms with Crippen molar-refractivity contribution in [2.45, 2.75) is 19.3 Å². The fourth-order valence-corrected chi connectivity index (χ4v) is 2.41. The molecular weight excluding hydrogens is 266 g/mol. The van der Waals surface area contributed by atoms with Crippen molar-refractivity contribution < 1.29 is 9.53 Å². The number of amides is 1. The van der Waals surface area contributed by atoms with E-state index in [9.17, 15) is 10.1 Å². The van der Waals surface area contributed by atoms with Gasteiger partial charge in [-0.15, -0.1) is 0 Å². The molecule has 1 aromatic carbocycles. The predicted octanol–water partition coefficient (Wildman–Crippen LogP) is 2.33. The molecule has 3 rings (SSSR count). The molecule has 0 aliphatic heterocycles. The monoisotopic (exact) mass is 279 g/mol. The van der Waals surface area contributed by atoms with Crippen molar-refractivity contribution in [3.63, 3.8) is 0 Å². The van der Waals surface area contributed by atoms with Gasteiger partial charge in [0.1, 0.15) is 17.4 Å². The highest BCUT2D eigenvalue weighted by atomic mass is 16.5. The number of nitrogens with two attached hydrogens (primary N) is 1. The number of nitrogens with zero attached hydrogens (tertiary/aromatic N) is 2. The smallest absolute Gasteiger partial charge is 0.248 e. The van der Waals surface area contributed by atoms with Gasteiger partial charge in [0.2, 0.25) is 11.8 Å². The molecule has 2 N–H and O–H groups in total. The molecule has 0 bridgehead atoms. The first kappa shape index (κ1) is 13.1. The SMILES string of the molecule is N#Cc1cc2c(nc1Oc1ccc(C(N)=O)cc1)CCC2. The van der Waals surface area contributed by atoms with Crippen molar-refractivity contribution in [2.75, 3.05) is 0 Å². The van der Waals surface area contributed by atoms with E-state index >= 15 is 0 Å². The van der Waals surface area contributed by atoms with Crippen molar-refractivity contribution in [1.82, 2.24) is 4.98 Å². The minimum Gasteiger partial charge on any atom is -0.438 e. The Balaban J connectivity index is 1.91. The van der Waals surface area contributed by atoms with Gasteiger partial charge in [0.05, 0.1) is 0 Å². The maximum Gasteiger partial charge on any atom is 0.248 e. The second-order valence-electron chi connectivity index (χ2n) is 4.90. The molecule has 0 atom stereocenters. The van der Waals surface area contributed by atoms with Crippen LogP contribution >= 0.6 is 0 Å². The Labute approximate surface area is 122 Å². The first-order chi connectivity index (χ1) is 10.2. The van der Waals surface area contributed by atoms with Crippen molar-refractivity contribution in [3.05, 3.63) is 52.7 Å². The first-order valence-corrected chi connectivity index (χ1v) is 6.68. The molecule has 0 fully saturated rings. The molecule has 0 saturated heterocycles. The molecule has 5 nitrogen and oxygen atoms in total. The molecule has 1 aliphatic carbocycles. The van der Waals surface area contributed by atoms with E-state index in [2.05, 4.69) is 11.1 Å². The highest BCUT2D eigenvalue weighted by molar-refractivity contribution is 5.92. The van der Waals surface area contributed by atoms with Gasteiger partial charge in [0.25, 0.3) is 0 Å². The molecule has 1 amide bonds. The van der Waals surface area contributed by atoms with E-state index in [1.54, 1.807) is 24.3 Å². The number of aromatic nitrogens is 1. The van der Waals surface area contributed by atoms with Crippen LogP contribution in [-0.2, 0) is 12.8 Å². The van der Waals surface area contributed by atoms with E-state index < -0.39 is 5.91 Å². The summed E-state index contributed by atoms with van der Waals surface area (Å²) >= 11 is 0. The number of primary amides is 1. The third-order valence-electron chi connectivity index (χ3n) is 3.49. The van der Waals surface area contributed by atoms with Gasteiger partial charge in [-0.3, -0.25) is 4.79 Å². The average Bonchev–Trinajstić information content (AvgIpc) is 2.94. The van der Waals surface area contributed by atoms with Crippen LogP contribution in [0.15, 0.2) is 30.3 Å². The second-order valence-corrected chi connectivity index (χ2v) is 4.90. The minimum absolute atomic E-state index is 0.310. The summed E-state index contributed by atoms with van der Waals surface area (Å²) in [5.41, 5.74) is 8.15. The lowest BCUT2D eigenvalue weighted by molar-refractivity contribution is 0.100. The number of aryl methyl sites for hydroxylation is 2. The number of nitriles is 1. The van der Waals surface area contributed by atoms with Crippen LogP contribution in [0.25, 0.3) is 0 Å². The van der Waals surface area contributed by atoms with Crippen LogP contribution in [0.2, 0.25) is 0 Å². The lowest BCUT2D eigenvalue weighted by atomic mass is 10.1. The number of benzene rings is 1. The third kappa shape index (κ3) is 2.56. The highest BCUT2D eigenvalue weighted by Crippen LogP contribution is 2.29. The summed E-state index contributed by atoms with van der Waals surface area (Å²) in [6.45, 7) is 0. The van der Waals surface area contributed by atoms with Gasteiger partial charge < -0.3 is 10.5 Å². The number of rotatable bonds is 3. The van der Waals surface area contributed by atoms with E-state index in [-0.39, 0.29) is 0 Å². The fraction of sp³-hybridized carbons (Fsp3) is 0.188. The Morgan fingerprint density at radius 2 is 2.05 bits per heavy atom. The van der Waals surface area contributed by atoms with Crippen molar-refractivity contribution >= 4 is 5.91 Å². The number of ether oxygens (including phenoxy) is 1. The van der Waals surface area contributed by atoms with Crippen LogP contribution in [0.5, 0.6) is 11.6 Å². The zero-order valence-corrected chi connectivity index (χ0v) is 11.3. The Hall–Kier alpha value is -2.87. The van der Waals surface area contributed by atoms with Crippen LogP contribution in [0, 0.1) is 11.3 Å². The second kappa shape index (κ2) is 5.25. The van der Waals surface area contributed by atoms with Gasteiger partial charge in [0.15, 0.2) is 0 Å². The van der Waals surface area contributed by atoms with Crippen LogP contribution in [-0.4, -0.2) is 10.9 Å². The summed E-state index contributed by atoms with van der Waals surface area (Å²) in [7, 11) is 0. The van der Waals surface area contributed by atoms with E-state index in [1.165, 1.54) is 0 Å². The molecule has 1 aliphatic rings. The minimum atomic E-state index is -0.491. The standard InChI is InChI=1S/C16H13N3O2/c17-9-12-8-11-2-1-3-14(11)19-16(12)21-13-6-4-10(5-7-13)15(18)20/h4-8H,1-3H2,(H2,18,20). The molecule has 2 aromatic rings. The summed E-state index contributed by atoms with van der Waals surface area (Å²) in [4.78, 5) is 15.5. The fourth-order valence-electron chi connectivity index (χ4n) is 2.41. The normalized spacial score (nSPS) is 12.5. The van der Waals surface area contributed by atoms with Gasteiger partial charge in [-0.1, -0.05) is 0 Å². The molecule has 0 spiro atoms. The Kier molecular flexibility index (Phi) is 3.28.